The number of ether oxygens (including phenoxy) is 2. The van der Waals surface area contributed by atoms with Gasteiger partial charge in [-0.05, 0) is 163 Å². The molecule has 1 aliphatic rings. The van der Waals surface area contributed by atoms with Gasteiger partial charge in [0.2, 0.25) is 0 Å². The molecular formula is C68H88O4. The van der Waals surface area contributed by atoms with Gasteiger partial charge in [0.25, 0.3) is 5.79 Å². The van der Waals surface area contributed by atoms with Crippen molar-refractivity contribution >= 4 is 0 Å². The van der Waals surface area contributed by atoms with Crippen LogP contribution in [0.2, 0.25) is 0 Å². The fourth-order valence-electron chi connectivity index (χ4n) is 10.0. The third-order valence-corrected chi connectivity index (χ3v) is 14.9. The molecule has 0 unspecified atom stereocenters. The summed E-state index contributed by atoms with van der Waals surface area (Å²) in [6.45, 7) is 45.0. The molecule has 6 aromatic rings. The molecule has 72 heavy (non-hydrogen) atoms. The first-order valence-corrected chi connectivity index (χ1v) is 26.7. The number of hydrogen-bond acceptors (Lipinski definition) is 4. The highest BCUT2D eigenvalue weighted by molar-refractivity contribution is 5.88. The Kier molecular flexibility index (Phi) is 14.4. The lowest BCUT2D eigenvalue weighted by Gasteiger charge is -2.40. The van der Waals surface area contributed by atoms with Crippen LogP contribution in [0.1, 0.15) is 201 Å². The van der Waals surface area contributed by atoms with Gasteiger partial charge in [-0.1, -0.05) is 180 Å². The lowest BCUT2D eigenvalue weighted by Crippen LogP contribution is -2.44. The Labute approximate surface area is 435 Å². The highest BCUT2D eigenvalue weighted by atomic mass is 16.7. The summed E-state index contributed by atoms with van der Waals surface area (Å²) < 4.78 is 16.0. The van der Waals surface area contributed by atoms with Crippen molar-refractivity contribution < 1.29 is 19.7 Å². The van der Waals surface area contributed by atoms with Crippen molar-refractivity contribution in [2.24, 2.45) is 0 Å². The molecule has 0 heterocycles. The Morgan fingerprint density at radius 3 is 0.917 bits per heavy atom. The van der Waals surface area contributed by atoms with Crippen LogP contribution < -0.4 is 9.47 Å². The molecule has 0 radical (unpaired) electrons. The Hall–Kier alpha value is -5.48. The molecule has 384 valence electrons. The maximum absolute atomic E-state index is 12.0. The molecule has 2 N–H and O–H groups in total. The number of aromatic hydroxyl groups is 2. The van der Waals surface area contributed by atoms with Crippen LogP contribution in [0.4, 0.5) is 0 Å². The van der Waals surface area contributed by atoms with Crippen LogP contribution in [0.3, 0.4) is 0 Å². The average molecular weight is 969 g/mol. The molecule has 1 fully saturated rings. The second-order valence-electron chi connectivity index (χ2n) is 27.6. The van der Waals surface area contributed by atoms with E-state index in [1.165, 1.54) is 22.3 Å². The zero-order chi connectivity index (χ0) is 53.3. The first-order valence-electron chi connectivity index (χ1n) is 26.7. The quantitative estimate of drug-likeness (QED) is 0.149. The van der Waals surface area contributed by atoms with Gasteiger partial charge in [-0.15, -0.1) is 0 Å². The van der Waals surface area contributed by atoms with E-state index in [1.807, 2.05) is 24.3 Å². The summed E-state index contributed by atoms with van der Waals surface area (Å²) in [6, 6.07) is 35.1. The molecule has 0 spiro atoms. The van der Waals surface area contributed by atoms with Crippen molar-refractivity contribution in [1.82, 2.24) is 0 Å². The largest absolute Gasteiger partial charge is 0.507 e. The molecule has 4 heteroatoms. The summed E-state index contributed by atoms with van der Waals surface area (Å²) in [6.07, 6.45) is 4.15. The van der Waals surface area contributed by atoms with Crippen molar-refractivity contribution in [1.29, 1.82) is 0 Å². The van der Waals surface area contributed by atoms with Gasteiger partial charge in [0.15, 0.2) is 0 Å². The topological polar surface area (TPSA) is 58.9 Å². The molecule has 4 nitrogen and oxygen atoms in total. The third kappa shape index (κ3) is 11.8. The Balaban J connectivity index is 1.60. The molecule has 0 aromatic heterocycles. The average Bonchev–Trinajstić information content (AvgIpc) is 3.25. The van der Waals surface area contributed by atoms with Crippen LogP contribution in [-0.4, -0.2) is 16.0 Å². The maximum Gasteiger partial charge on any atom is 0.251 e. The highest BCUT2D eigenvalue weighted by Gasteiger charge is 2.41. The van der Waals surface area contributed by atoms with Gasteiger partial charge in [0, 0.05) is 46.2 Å². The molecule has 0 bridgehead atoms. The number of rotatable bonds is 8. The SMILES string of the molecule is Cc1cc(-c2cc(C(C)(C)C)cc(C(C)(C)C)c2)c(OC2(Oc3c(-c4cc(C(C)(C)C)cc(C(C)(C)C)c4)cc(C)cc3-c3cc(C(C)(C)C)ccc3O)CCCCC2)c(-c2cc(C(C)(C)C)ccc2O)c1. The zero-order valence-corrected chi connectivity index (χ0v) is 48.0. The summed E-state index contributed by atoms with van der Waals surface area (Å²) in [7, 11) is 0. The zero-order valence-electron chi connectivity index (χ0n) is 48.0. The smallest absolute Gasteiger partial charge is 0.251 e. The van der Waals surface area contributed by atoms with E-state index in [4.69, 9.17) is 9.47 Å². The predicted octanol–water partition coefficient (Wildman–Crippen LogP) is 19.3. The predicted molar refractivity (Wildman–Crippen MR) is 307 cm³/mol. The third-order valence-electron chi connectivity index (χ3n) is 14.9. The van der Waals surface area contributed by atoms with Gasteiger partial charge in [-0.2, -0.15) is 0 Å². The summed E-state index contributed by atoms with van der Waals surface area (Å²) in [5.74, 6) is 0.632. The molecule has 0 amide bonds. The van der Waals surface area contributed by atoms with Crippen molar-refractivity contribution in [3.05, 3.63) is 142 Å². The van der Waals surface area contributed by atoms with Crippen LogP contribution in [0.5, 0.6) is 23.0 Å². The summed E-state index contributed by atoms with van der Waals surface area (Å²) in [5.41, 5.74) is 15.7. The van der Waals surface area contributed by atoms with Gasteiger partial charge in [0.1, 0.15) is 23.0 Å². The summed E-state index contributed by atoms with van der Waals surface area (Å²) >= 11 is 0. The Morgan fingerprint density at radius 1 is 0.333 bits per heavy atom. The van der Waals surface area contributed by atoms with E-state index in [1.54, 1.807) is 0 Å². The molecule has 6 aromatic carbocycles. The molecule has 0 saturated heterocycles. The number of phenols is 2. The van der Waals surface area contributed by atoms with Crippen LogP contribution in [0.25, 0.3) is 44.5 Å². The maximum atomic E-state index is 12.0. The lowest BCUT2D eigenvalue weighted by molar-refractivity contribution is -0.135. The van der Waals surface area contributed by atoms with E-state index in [0.29, 0.717) is 24.3 Å². The standard InChI is InChI=1S/C68H88O4/c1-42-30-52(44-34-48(64(9,10)11)38-49(35-44)65(12,13)14)60(56(32-42)54-40-46(62(3,4)5)24-26-58(54)69)71-68(28-22-21-23-29-68)72-61-53(45-36-50(66(15,16)17)39-51(37-45)67(18,19)20)31-43(2)33-57(61)55-41-47(63(6,7)8)25-27-59(55)70/h24-27,30-41,69-70H,21-23,28-29H2,1-20H3. The van der Waals surface area contributed by atoms with Crippen molar-refractivity contribution in [3.63, 3.8) is 0 Å². The summed E-state index contributed by atoms with van der Waals surface area (Å²) in [5, 5.41) is 24.1. The number of phenolic OH excluding ortho intramolecular Hbond substituents is 2. The minimum atomic E-state index is -1.15. The second kappa shape index (κ2) is 19.1. The highest BCUT2D eigenvalue weighted by Crippen LogP contribution is 2.52. The molecule has 1 aliphatic carbocycles. The number of hydrogen-bond donors (Lipinski definition) is 2. The van der Waals surface area contributed by atoms with E-state index >= 15 is 0 Å². The second-order valence-corrected chi connectivity index (χ2v) is 27.6. The first kappa shape index (κ1) is 54.3. The van der Waals surface area contributed by atoms with E-state index < -0.39 is 5.79 Å². The van der Waals surface area contributed by atoms with E-state index in [0.717, 1.165) is 86.0 Å². The minimum absolute atomic E-state index is 0.123. The van der Waals surface area contributed by atoms with Gasteiger partial charge < -0.3 is 19.7 Å². The molecule has 7 rings (SSSR count). The van der Waals surface area contributed by atoms with Crippen LogP contribution in [0.15, 0.2) is 97.1 Å². The minimum Gasteiger partial charge on any atom is -0.507 e. The lowest BCUT2D eigenvalue weighted by atomic mass is 9.78. The fourth-order valence-corrected chi connectivity index (χ4v) is 10.0. The van der Waals surface area contributed by atoms with E-state index in [2.05, 4.69) is 211 Å². The fraction of sp³-hybridized carbons (Fsp3) is 0.471. The summed E-state index contributed by atoms with van der Waals surface area (Å²) in [4.78, 5) is 0. The molecule has 0 atom stereocenters. The molecular weight excluding hydrogens is 881 g/mol. The monoisotopic (exact) mass is 969 g/mol. The Morgan fingerprint density at radius 2 is 0.625 bits per heavy atom. The van der Waals surface area contributed by atoms with Crippen LogP contribution >= 0.6 is 0 Å². The molecule has 1 saturated carbocycles. The number of aryl methyl sites for hydroxylation is 2. The van der Waals surface area contributed by atoms with Gasteiger partial charge in [-0.25, -0.2) is 0 Å². The normalized spacial score (nSPS) is 14.9. The first-order chi connectivity index (χ1) is 33.0. The van der Waals surface area contributed by atoms with E-state index in [9.17, 15) is 10.2 Å². The van der Waals surface area contributed by atoms with Crippen LogP contribution in [0, 0.1) is 13.8 Å². The number of benzene rings is 6. The van der Waals surface area contributed by atoms with Crippen LogP contribution in [-0.2, 0) is 32.5 Å². The van der Waals surface area contributed by atoms with E-state index in [-0.39, 0.29) is 44.0 Å². The molecule has 0 aliphatic heterocycles. The van der Waals surface area contributed by atoms with Gasteiger partial charge >= 0.3 is 0 Å². The van der Waals surface area contributed by atoms with Crippen molar-refractivity contribution in [3.8, 4) is 67.5 Å². The van der Waals surface area contributed by atoms with Crippen molar-refractivity contribution in [2.75, 3.05) is 0 Å². The van der Waals surface area contributed by atoms with Crippen molar-refractivity contribution in [2.45, 2.75) is 209 Å². The Bertz CT molecular complexity index is 2710. The van der Waals surface area contributed by atoms with Gasteiger partial charge in [-0.3, -0.25) is 0 Å². The van der Waals surface area contributed by atoms with Gasteiger partial charge in [0.05, 0.1) is 0 Å².